The molecule has 1 fully saturated rings. The maximum absolute atomic E-state index is 12.1. The van der Waals surface area contributed by atoms with Crippen molar-refractivity contribution in [2.45, 2.75) is 45.1 Å². The lowest BCUT2D eigenvalue weighted by atomic mass is 10.1. The molecule has 0 saturated carbocycles. The Morgan fingerprint density at radius 2 is 2.04 bits per heavy atom. The van der Waals surface area contributed by atoms with Crippen LogP contribution in [0, 0.1) is 0 Å². The molecule has 0 spiro atoms. The van der Waals surface area contributed by atoms with Crippen LogP contribution < -0.4 is 0 Å². The molecule has 1 atom stereocenters. The highest BCUT2D eigenvalue weighted by molar-refractivity contribution is 5.87. The first-order chi connectivity index (χ1) is 11.6. The van der Waals surface area contributed by atoms with E-state index < -0.39 is 5.97 Å². The number of benzene rings is 1. The van der Waals surface area contributed by atoms with E-state index >= 15 is 0 Å². The van der Waals surface area contributed by atoms with Crippen LogP contribution in [0.25, 0.3) is 0 Å². The van der Waals surface area contributed by atoms with E-state index in [1.807, 2.05) is 23.1 Å². The van der Waals surface area contributed by atoms with Gasteiger partial charge >= 0.3 is 5.97 Å². The van der Waals surface area contributed by atoms with Gasteiger partial charge in [-0.3, -0.25) is 4.79 Å². The normalized spacial score (nSPS) is 18.1. The number of hydrogen-bond donors (Lipinski definition) is 1. The Kier molecular flexibility index (Phi) is 6.79. The molecule has 4 heteroatoms. The van der Waals surface area contributed by atoms with Crippen LogP contribution in [0.15, 0.2) is 48.6 Å². The molecule has 1 saturated heterocycles. The van der Waals surface area contributed by atoms with Gasteiger partial charge < -0.3 is 10.0 Å². The third-order valence-electron chi connectivity index (χ3n) is 4.25. The predicted octanol–water partition coefficient (Wildman–Crippen LogP) is 3.83. The highest BCUT2D eigenvalue weighted by Gasteiger charge is 2.28. The lowest BCUT2D eigenvalue weighted by Crippen LogP contribution is -2.33. The monoisotopic (exact) mass is 327 g/mol. The number of aromatic carboxylic acids is 1. The van der Waals surface area contributed by atoms with E-state index in [9.17, 15) is 9.59 Å². The molecule has 24 heavy (non-hydrogen) atoms. The molecule has 1 aromatic rings. The number of likely N-dealkylation sites (tertiary alicyclic amines) is 1. The van der Waals surface area contributed by atoms with Crippen molar-refractivity contribution in [3.63, 3.8) is 0 Å². The second-order valence-corrected chi connectivity index (χ2v) is 6.05. The first-order valence-corrected chi connectivity index (χ1v) is 8.57. The molecular formula is C20H25NO3. The molecule has 0 radical (unpaired) electrons. The number of rotatable bonds is 8. The van der Waals surface area contributed by atoms with Crippen molar-refractivity contribution in [2.75, 3.05) is 6.54 Å². The Labute approximate surface area is 143 Å². The Hall–Kier alpha value is -2.36. The Morgan fingerprint density at radius 1 is 1.29 bits per heavy atom. The van der Waals surface area contributed by atoms with Gasteiger partial charge in [0.1, 0.15) is 0 Å². The van der Waals surface area contributed by atoms with Crippen LogP contribution in [-0.2, 0) is 11.2 Å². The summed E-state index contributed by atoms with van der Waals surface area (Å²) in [7, 11) is 0. The second-order valence-electron chi connectivity index (χ2n) is 6.05. The van der Waals surface area contributed by atoms with Gasteiger partial charge in [0.25, 0.3) is 0 Å². The van der Waals surface area contributed by atoms with E-state index in [0.29, 0.717) is 13.0 Å². The fourth-order valence-electron chi connectivity index (χ4n) is 2.84. The third kappa shape index (κ3) is 5.08. The Balaban J connectivity index is 1.91. The first kappa shape index (κ1) is 18.0. The second kappa shape index (κ2) is 9.06. The molecule has 128 valence electrons. The van der Waals surface area contributed by atoms with E-state index in [0.717, 1.165) is 31.2 Å². The van der Waals surface area contributed by atoms with Crippen molar-refractivity contribution < 1.29 is 14.7 Å². The minimum absolute atomic E-state index is 0.169. The number of allylic oxidation sites excluding steroid dienone is 3. The molecule has 1 aliphatic rings. The highest BCUT2D eigenvalue weighted by Crippen LogP contribution is 2.20. The standard InChI is InChI=1S/C20H25NO3/c1-2-3-4-5-6-7-18-12-13-19(22)21(18)15-14-16-8-10-17(11-9-16)20(23)24/h4-11,18H,2-3,12-15H2,1H3,(H,23,24). The summed E-state index contributed by atoms with van der Waals surface area (Å²) < 4.78 is 0. The number of hydrogen-bond acceptors (Lipinski definition) is 2. The molecule has 4 nitrogen and oxygen atoms in total. The van der Waals surface area contributed by atoms with Gasteiger partial charge in [-0.05, 0) is 37.0 Å². The zero-order chi connectivity index (χ0) is 17.4. The van der Waals surface area contributed by atoms with Crippen LogP contribution in [0.5, 0.6) is 0 Å². The summed E-state index contributed by atoms with van der Waals surface area (Å²) >= 11 is 0. The average Bonchev–Trinajstić information content (AvgIpc) is 2.93. The third-order valence-corrected chi connectivity index (χ3v) is 4.25. The van der Waals surface area contributed by atoms with Crippen LogP contribution in [0.1, 0.15) is 48.5 Å². The number of carbonyl (C=O) groups excluding carboxylic acids is 1. The van der Waals surface area contributed by atoms with E-state index in [2.05, 4.69) is 25.2 Å². The number of carboxylic acids is 1. The minimum atomic E-state index is -0.919. The number of unbranched alkanes of at least 4 members (excludes halogenated alkanes) is 1. The van der Waals surface area contributed by atoms with E-state index in [1.165, 1.54) is 0 Å². The zero-order valence-electron chi connectivity index (χ0n) is 14.1. The van der Waals surface area contributed by atoms with Crippen LogP contribution in [-0.4, -0.2) is 34.5 Å². The van der Waals surface area contributed by atoms with Gasteiger partial charge in [0.2, 0.25) is 5.91 Å². The number of carboxylic acid groups (broad SMARTS) is 1. The van der Waals surface area contributed by atoms with Crippen molar-refractivity contribution in [1.29, 1.82) is 0 Å². The molecule has 0 aromatic heterocycles. The molecule has 1 heterocycles. The Morgan fingerprint density at radius 3 is 2.71 bits per heavy atom. The molecule has 1 N–H and O–H groups in total. The lowest BCUT2D eigenvalue weighted by molar-refractivity contribution is -0.128. The summed E-state index contributed by atoms with van der Waals surface area (Å²) in [6, 6.07) is 7.03. The maximum Gasteiger partial charge on any atom is 0.335 e. The van der Waals surface area contributed by atoms with E-state index in [-0.39, 0.29) is 17.5 Å². The predicted molar refractivity (Wildman–Crippen MR) is 95.0 cm³/mol. The fourth-order valence-corrected chi connectivity index (χ4v) is 2.84. The van der Waals surface area contributed by atoms with Crippen molar-refractivity contribution in [3.8, 4) is 0 Å². The Bertz CT molecular complexity index is 616. The summed E-state index contributed by atoms with van der Waals surface area (Å²) in [6.07, 6.45) is 12.8. The topological polar surface area (TPSA) is 57.6 Å². The average molecular weight is 327 g/mol. The SMILES string of the molecule is CCCC=CC=CC1CCC(=O)N1CCc1ccc(C(=O)O)cc1. The van der Waals surface area contributed by atoms with Gasteiger partial charge in [0, 0.05) is 13.0 Å². The van der Waals surface area contributed by atoms with Gasteiger partial charge in [-0.2, -0.15) is 0 Å². The summed E-state index contributed by atoms with van der Waals surface area (Å²) in [6.45, 7) is 2.81. The highest BCUT2D eigenvalue weighted by atomic mass is 16.4. The number of amides is 1. The molecule has 1 unspecified atom stereocenters. The van der Waals surface area contributed by atoms with Gasteiger partial charge in [-0.25, -0.2) is 4.79 Å². The van der Waals surface area contributed by atoms with Crippen molar-refractivity contribution >= 4 is 11.9 Å². The fraction of sp³-hybridized carbons (Fsp3) is 0.400. The van der Waals surface area contributed by atoms with Crippen LogP contribution in [0.2, 0.25) is 0 Å². The van der Waals surface area contributed by atoms with Crippen LogP contribution >= 0.6 is 0 Å². The molecule has 1 amide bonds. The number of nitrogens with zero attached hydrogens (tertiary/aromatic N) is 1. The maximum atomic E-state index is 12.1. The molecular weight excluding hydrogens is 302 g/mol. The van der Waals surface area contributed by atoms with Crippen molar-refractivity contribution in [3.05, 3.63) is 59.7 Å². The molecule has 2 rings (SSSR count). The quantitative estimate of drug-likeness (QED) is 0.738. The molecule has 1 aromatic carbocycles. The summed E-state index contributed by atoms with van der Waals surface area (Å²) in [5.74, 6) is -0.720. The van der Waals surface area contributed by atoms with Gasteiger partial charge in [-0.15, -0.1) is 0 Å². The van der Waals surface area contributed by atoms with E-state index in [4.69, 9.17) is 5.11 Å². The van der Waals surface area contributed by atoms with Gasteiger partial charge in [0.15, 0.2) is 0 Å². The van der Waals surface area contributed by atoms with Crippen LogP contribution in [0.4, 0.5) is 0 Å². The smallest absolute Gasteiger partial charge is 0.335 e. The zero-order valence-corrected chi connectivity index (χ0v) is 14.1. The van der Waals surface area contributed by atoms with Crippen molar-refractivity contribution in [2.24, 2.45) is 0 Å². The molecule has 0 bridgehead atoms. The summed E-state index contributed by atoms with van der Waals surface area (Å²) in [5, 5.41) is 8.92. The van der Waals surface area contributed by atoms with Crippen LogP contribution in [0.3, 0.4) is 0 Å². The molecule has 0 aliphatic carbocycles. The van der Waals surface area contributed by atoms with Crippen molar-refractivity contribution in [1.82, 2.24) is 4.90 Å². The first-order valence-electron chi connectivity index (χ1n) is 8.57. The number of carbonyl (C=O) groups is 2. The van der Waals surface area contributed by atoms with Gasteiger partial charge in [0.05, 0.1) is 11.6 Å². The minimum Gasteiger partial charge on any atom is -0.478 e. The lowest BCUT2D eigenvalue weighted by Gasteiger charge is -2.22. The summed E-state index contributed by atoms with van der Waals surface area (Å²) in [5.41, 5.74) is 1.33. The van der Waals surface area contributed by atoms with Gasteiger partial charge in [-0.1, -0.05) is 49.8 Å². The van der Waals surface area contributed by atoms with E-state index in [1.54, 1.807) is 12.1 Å². The molecule has 1 aliphatic heterocycles. The summed E-state index contributed by atoms with van der Waals surface area (Å²) in [4.78, 5) is 24.9. The largest absolute Gasteiger partial charge is 0.478 e.